The lowest BCUT2D eigenvalue weighted by Gasteiger charge is -2.27. The van der Waals surface area contributed by atoms with Gasteiger partial charge in [0.2, 0.25) is 5.91 Å². The van der Waals surface area contributed by atoms with Crippen LogP contribution in [0.4, 0.5) is 5.00 Å². The number of nitrogens with two attached hydrogens (primary N) is 1. The van der Waals surface area contributed by atoms with E-state index in [0.29, 0.717) is 16.3 Å². The van der Waals surface area contributed by atoms with Gasteiger partial charge in [-0.15, -0.1) is 11.3 Å². The van der Waals surface area contributed by atoms with Crippen LogP contribution in [0.3, 0.4) is 0 Å². The maximum Gasteiger partial charge on any atom is 0.262 e. The fourth-order valence-electron chi connectivity index (χ4n) is 4.20. The van der Waals surface area contributed by atoms with Gasteiger partial charge in [0, 0.05) is 18.0 Å². The minimum absolute atomic E-state index is 0.0399. The molecule has 7 nitrogen and oxygen atoms in total. The van der Waals surface area contributed by atoms with Gasteiger partial charge in [0.05, 0.1) is 12.0 Å². The normalized spacial score (nSPS) is 13.3. The quantitative estimate of drug-likeness (QED) is 0.488. The molecule has 0 atom stereocenters. The molecule has 3 N–H and O–H groups in total. The second-order valence-corrected chi connectivity index (χ2v) is 9.62. The number of piperidine rings is 1. The number of benzene rings is 2. The zero-order valence-electron chi connectivity index (χ0n) is 19.7. The van der Waals surface area contributed by atoms with Crippen molar-refractivity contribution in [1.82, 2.24) is 4.90 Å². The molecule has 1 fully saturated rings. The molecule has 3 amide bonds. The van der Waals surface area contributed by atoms with Gasteiger partial charge in [-0.2, -0.15) is 0 Å². The molecule has 35 heavy (non-hydrogen) atoms. The number of hydrogen-bond donors (Lipinski definition) is 2. The number of primary amides is 1. The van der Waals surface area contributed by atoms with Crippen LogP contribution < -0.4 is 15.8 Å². The SMILES string of the molecule is Cc1c(-c2ccccc2)sc(NC(=O)COc2ccc(CC(N)=O)cc2)c1C(=O)N1CCCCC1. The highest BCUT2D eigenvalue weighted by atomic mass is 32.1. The van der Waals surface area contributed by atoms with Crippen molar-refractivity contribution in [3.63, 3.8) is 0 Å². The van der Waals surface area contributed by atoms with Crippen LogP contribution in [0.15, 0.2) is 54.6 Å². The second-order valence-electron chi connectivity index (χ2n) is 8.60. The number of hydrogen-bond acceptors (Lipinski definition) is 5. The van der Waals surface area contributed by atoms with Crippen LogP contribution in [0, 0.1) is 6.92 Å². The number of amides is 3. The van der Waals surface area contributed by atoms with E-state index in [9.17, 15) is 14.4 Å². The summed E-state index contributed by atoms with van der Waals surface area (Å²) in [5, 5.41) is 3.46. The van der Waals surface area contributed by atoms with Gasteiger partial charge in [-0.3, -0.25) is 14.4 Å². The largest absolute Gasteiger partial charge is 0.484 e. The Hall–Kier alpha value is -3.65. The van der Waals surface area contributed by atoms with Gasteiger partial charge in [-0.05, 0) is 55.0 Å². The first kappa shape index (κ1) is 24.5. The van der Waals surface area contributed by atoms with Crippen molar-refractivity contribution >= 4 is 34.1 Å². The minimum atomic E-state index is -0.408. The molecule has 182 valence electrons. The highest BCUT2D eigenvalue weighted by Gasteiger charge is 2.27. The smallest absolute Gasteiger partial charge is 0.262 e. The molecule has 8 heteroatoms. The molecular weight excluding hydrogens is 462 g/mol. The van der Waals surface area contributed by atoms with Crippen molar-refractivity contribution in [2.75, 3.05) is 25.0 Å². The van der Waals surface area contributed by atoms with Crippen molar-refractivity contribution in [3.8, 4) is 16.2 Å². The lowest BCUT2D eigenvalue weighted by molar-refractivity contribution is -0.118. The summed E-state index contributed by atoms with van der Waals surface area (Å²) in [7, 11) is 0. The van der Waals surface area contributed by atoms with E-state index in [-0.39, 0.29) is 24.8 Å². The predicted molar refractivity (Wildman–Crippen MR) is 138 cm³/mol. The van der Waals surface area contributed by atoms with Crippen LogP contribution >= 0.6 is 11.3 Å². The van der Waals surface area contributed by atoms with Gasteiger partial charge < -0.3 is 20.7 Å². The molecule has 0 aliphatic carbocycles. The van der Waals surface area contributed by atoms with Gasteiger partial charge >= 0.3 is 0 Å². The van der Waals surface area contributed by atoms with E-state index in [1.807, 2.05) is 42.2 Å². The maximum atomic E-state index is 13.5. The number of carbonyl (C=O) groups excluding carboxylic acids is 3. The predicted octanol–water partition coefficient (Wildman–Crippen LogP) is 4.39. The average Bonchev–Trinajstić information content (AvgIpc) is 3.19. The number of thiophene rings is 1. The Morgan fingerprint density at radius 2 is 1.69 bits per heavy atom. The zero-order chi connectivity index (χ0) is 24.8. The topological polar surface area (TPSA) is 102 Å². The number of likely N-dealkylation sites (tertiary alicyclic amines) is 1. The Labute approximate surface area is 208 Å². The summed E-state index contributed by atoms with van der Waals surface area (Å²) in [6.45, 7) is 3.20. The third-order valence-electron chi connectivity index (χ3n) is 5.96. The molecule has 2 heterocycles. The third kappa shape index (κ3) is 6.08. The highest BCUT2D eigenvalue weighted by Crippen LogP contribution is 2.40. The molecule has 1 saturated heterocycles. The number of nitrogens with one attached hydrogen (secondary N) is 1. The number of rotatable bonds is 8. The van der Waals surface area contributed by atoms with E-state index in [0.717, 1.165) is 53.9 Å². The van der Waals surface area contributed by atoms with Crippen molar-refractivity contribution in [2.24, 2.45) is 5.73 Å². The number of carbonyl (C=O) groups is 3. The number of anilines is 1. The van der Waals surface area contributed by atoms with Gasteiger partial charge in [0.1, 0.15) is 10.8 Å². The Kier molecular flexibility index (Phi) is 7.82. The van der Waals surface area contributed by atoms with Gasteiger partial charge in [0.15, 0.2) is 6.61 Å². The first-order valence-corrected chi connectivity index (χ1v) is 12.5. The van der Waals surface area contributed by atoms with Crippen LogP contribution in [-0.4, -0.2) is 42.3 Å². The summed E-state index contributed by atoms with van der Waals surface area (Å²) in [5.41, 5.74) is 8.43. The minimum Gasteiger partial charge on any atom is -0.484 e. The summed E-state index contributed by atoms with van der Waals surface area (Å²) in [5.74, 6) is -0.291. The molecule has 0 saturated carbocycles. The fraction of sp³-hybridized carbons (Fsp3) is 0.296. The fourth-order valence-corrected chi connectivity index (χ4v) is 5.42. The Balaban J connectivity index is 1.51. The van der Waals surface area contributed by atoms with Crippen molar-refractivity contribution in [2.45, 2.75) is 32.6 Å². The summed E-state index contributed by atoms with van der Waals surface area (Å²) in [4.78, 5) is 40.2. The van der Waals surface area contributed by atoms with Crippen molar-refractivity contribution < 1.29 is 19.1 Å². The van der Waals surface area contributed by atoms with Crippen molar-refractivity contribution in [3.05, 3.63) is 71.3 Å². The summed E-state index contributed by atoms with van der Waals surface area (Å²) in [6, 6.07) is 16.7. The van der Waals surface area contributed by atoms with Crippen LogP contribution in [0.25, 0.3) is 10.4 Å². The summed E-state index contributed by atoms with van der Waals surface area (Å²) in [6.07, 6.45) is 3.27. The van der Waals surface area contributed by atoms with Crippen LogP contribution in [0.5, 0.6) is 5.75 Å². The van der Waals surface area contributed by atoms with Crippen LogP contribution in [0.1, 0.15) is 40.7 Å². The van der Waals surface area contributed by atoms with Gasteiger partial charge in [0.25, 0.3) is 11.8 Å². The maximum absolute atomic E-state index is 13.5. The highest BCUT2D eigenvalue weighted by molar-refractivity contribution is 7.20. The molecule has 2 aromatic carbocycles. The van der Waals surface area contributed by atoms with E-state index in [2.05, 4.69) is 5.32 Å². The van der Waals surface area contributed by atoms with Gasteiger partial charge in [-0.25, -0.2) is 0 Å². The standard InChI is InChI=1S/C27H29N3O4S/c1-18-24(27(33)30-14-6-3-7-15-30)26(35-25(18)20-8-4-2-5-9-20)29-23(32)17-34-21-12-10-19(11-13-21)16-22(28)31/h2,4-5,8-13H,3,6-7,14-17H2,1H3,(H2,28,31)(H,29,32). The third-order valence-corrected chi connectivity index (χ3v) is 7.22. The van der Waals surface area contributed by atoms with Crippen molar-refractivity contribution in [1.29, 1.82) is 0 Å². The lowest BCUT2D eigenvalue weighted by Crippen LogP contribution is -2.36. The van der Waals surface area contributed by atoms with Crippen LogP contribution in [0.2, 0.25) is 0 Å². The van der Waals surface area contributed by atoms with Gasteiger partial charge in [-0.1, -0.05) is 42.5 Å². The molecule has 0 spiro atoms. The number of nitrogens with zero attached hydrogens (tertiary/aromatic N) is 1. The zero-order valence-corrected chi connectivity index (χ0v) is 20.5. The summed E-state index contributed by atoms with van der Waals surface area (Å²) < 4.78 is 5.62. The summed E-state index contributed by atoms with van der Waals surface area (Å²) >= 11 is 1.41. The lowest BCUT2D eigenvalue weighted by atomic mass is 10.0. The molecule has 1 aromatic heterocycles. The molecule has 0 radical (unpaired) electrons. The molecule has 0 bridgehead atoms. The monoisotopic (exact) mass is 491 g/mol. The molecule has 4 rings (SSSR count). The van der Waals surface area contributed by atoms with Crippen LogP contribution in [-0.2, 0) is 16.0 Å². The molecule has 1 aliphatic heterocycles. The Morgan fingerprint density at radius 3 is 2.34 bits per heavy atom. The molecule has 3 aromatic rings. The first-order valence-electron chi connectivity index (χ1n) is 11.7. The second kappa shape index (κ2) is 11.2. The van der Waals surface area contributed by atoms with E-state index in [4.69, 9.17) is 10.5 Å². The Morgan fingerprint density at radius 1 is 1.00 bits per heavy atom. The van der Waals surface area contributed by atoms with E-state index in [1.54, 1.807) is 24.3 Å². The van der Waals surface area contributed by atoms with E-state index in [1.165, 1.54) is 11.3 Å². The van der Waals surface area contributed by atoms with E-state index >= 15 is 0 Å². The Bertz CT molecular complexity index is 1200. The molecule has 0 unspecified atom stereocenters. The molecule has 1 aliphatic rings. The van der Waals surface area contributed by atoms with E-state index < -0.39 is 5.91 Å². The number of ether oxygens (including phenoxy) is 1. The average molecular weight is 492 g/mol. The molecular formula is C27H29N3O4S. The first-order chi connectivity index (χ1) is 16.9.